The van der Waals surface area contributed by atoms with Crippen LogP contribution in [0.4, 0.5) is 5.69 Å². The Balaban J connectivity index is 2.29. The normalized spacial score (nSPS) is 13.9. The van der Waals surface area contributed by atoms with Gasteiger partial charge in [-0.2, -0.15) is 0 Å². The minimum absolute atomic E-state index is 0.236. The number of rotatable bonds is 2. The number of benzene rings is 1. The van der Waals surface area contributed by atoms with Gasteiger partial charge in [0, 0.05) is 19.3 Å². The summed E-state index contributed by atoms with van der Waals surface area (Å²) < 4.78 is 4.97. The number of fused-ring (bicyclic) bond motifs is 1. The maximum Gasteiger partial charge on any atom is 0.338 e. The predicted octanol–water partition coefficient (Wildman–Crippen LogP) is 1.86. The lowest BCUT2D eigenvalue weighted by molar-refractivity contribution is 0.0526. The SMILES string of the molecule is CCOC(=O)c1ccc2c(c1)N(C)CC2. The fraction of sp³-hybridized carbons (Fsp3) is 0.417. The molecule has 0 unspecified atom stereocenters. The standard InChI is InChI=1S/C12H15NO2/c1-3-15-12(14)10-5-4-9-6-7-13(2)11(9)8-10/h4-5,8H,3,6-7H2,1-2H3. The van der Waals surface area contributed by atoms with Crippen molar-refractivity contribution >= 4 is 11.7 Å². The third kappa shape index (κ3) is 1.82. The third-order valence-corrected chi connectivity index (χ3v) is 2.72. The van der Waals surface area contributed by atoms with E-state index < -0.39 is 0 Å². The molecule has 1 heterocycles. The smallest absolute Gasteiger partial charge is 0.338 e. The first-order valence-corrected chi connectivity index (χ1v) is 5.23. The fourth-order valence-corrected chi connectivity index (χ4v) is 1.88. The fourth-order valence-electron chi connectivity index (χ4n) is 1.88. The van der Waals surface area contributed by atoms with Gasteiger partial charge in [0.25, 0.3) is 0 Å². The predicted molar refractivity (Wildman–Crippen MR) is 59.4 cm³/mol. The van der Waals surface area contributed by atoms with Gasteiger partial charge >= 0.3 is 5.97 Å². The molecule has 1 aliphatic rings. The third-order valence-electron chi connectivity index (χ3n) is 2.72. The molecule has 0 saturated heterocycles. The molecule has 15 heavy (non-hydrogen) atoms. The number of ether oxygens (including phenoxy) is 1. The zero-order chi connectivity index (χ0) is 10.8. The Morgan fingerprint density at radius 1 is 1.53 bits per heavy atom. The zero-order valence-corrected chi connectivity index (χ0v) is 9.12. The Hall–Kier alpha value is -1.51. The van der Waals surface area contributed by atoms with Gasteiger partial charge in [0.2, 0.25) is 0 Å². The van der Waals surface area contributed by atoms with E-state index in [2.05, 4.69) is 4.90 Å². The first kappa shape index (κ1) is 10.0. The van der Waals surface area contributed by atoms with E-state index in [1.54, 1.807) is 0 Å². The number of anilines is 1. The van der Waals surface area contributed by atoms with Crippen LogP contribution in [0.25, 0.3) is 0 Å². The van der Waals surface area contributed by atoms with Crippen molar-refractivity contribution in [3.63, 3.8) is 0 Å². The quantitative estimate of drug-likeness (QED) is 0.690. The lowest BCUT2D eigenvalue weighted by Crippen LogP contribution is -2.13. The molecule has 0 atom stereocenters. The summed E-state index contributed by atoms with van der Waals surface area (Å²) in [6, 6.07) is 5.78. The highest BCUT2D eigenvalue weighted by atomic mass is 16.5. The second kappa shape index (κ2) is 3.93. The van der Waals surface area contributed by atoms with E-state index in [1.807, 2.05) is 32.2 Å². The molecule has 1 aliphatic heterocycles. The molecule has 0 aliphatic carbocycles. The van der Waals surface area contributed by atoms with Crippen molar-refractivity contribution in [2.24, 2.45) is 0 Å². The van der Waals surface area contributed by atoms with Crippen molar-refractivity contribution in [2.45, 2.75) is 13.3 Å². The molecule has 80 valence electrons. The first-order chi connectivity index (χ1) is 7.22. The van der Waals surface area contributed by atoms with Crippen LogP contribution in [0.3, 0.4) is 0 Å². The average molecular weight is 205 g/mol. The van der Waals surface area contributed by atoms with Gasteiger partial charge in [-0.25, -0.2) is 4.79 Å². The molecule has 1 aromatic carbocycles. The summed E-state index contributed by atoms with van der Waals surface area (Å²) in [5, 5.41) is 0. The Morgan fingerprint density at radius 3 is 3.07 bits per heavy atom. The number of hydrogen-bond donors (Lipinski definition) is 0. The van der Waals surface area contributed by atoms with Gasteiger partial charge in [0.1, 0.15) is 0 Å². The number of carbonyl (C=O) groups is 1. The van der Waals surface area contributed by atoms with Crippen molar-refractivity contribution in [3.8, 4) is 0 Å². The number of esters is 1. The van der Waals surface area contributed by atoms with Gasteiger partial charge in [0.05, 0.1) is 12.2 Å². The van der Waals surface area contributed by atoms with E-state index in [0.717, 1.165) is 18.7 Å². The van der Waals surface area contributed by atoms with Crippen molar-refractivity contribution in [3.05, 3.63) is 29.3 Å². The van der Waals surface area contributed by atoms with Crippen LogP contribution < -0.4 is 4.90 Å². The lowest BCUT2D eigenvalue weighted by atomic mass is 10.1. The van der Waals surface area contributed by atoms with E-state index in [1.165, 1.54) is 5.56 Å². The molecule has 0 N–H and O–H groups in total. The summed E-state index contributed by atoms with van der Waals surface area (Å²) in [6.45, 7) is 3.27. The minimum Gasteiger partial charge on any atom is -0.462 e. The molecule has 0 aromatic heterocycles. The molecule has 3 nitrogen and oxygen atoms in total. The first-order valence-electron chi connectivity index (χ1n) is 5.23. The summed E-state index contributed by atoms with van der Waals surface area (Å²) in [4.78, 5) is 13.7. The Bertz CT molecular complexity index is 387. The Labute approximate surface area is 89.7 Å². The van der Waals surface area contributed by atoms with Crippen LogP contribution in [0.1, 0.15) is 22.8 Å². The summed E-state index contributed by atoms with van der Waals surface area (Å²) in [5.41, 5.74) is 3.11. The number of hydrogen-bond acceptors (Lipinski definition) is 3. The minimum atomic E-state index is -0.236. The maximum atomic E-state index is 11.5. The average Bonchev–Trinajstić information content (AvgIpc) is 2.60. The van der Waals surface area contributed by atoms with Crippen LogP contribution in [0, 0.1) is 0 Å². The van der Waals surface area contributed by atoms with Crippen molar-refractivity contribution in [1.29, 1.82) is 0 Å². The molecular formula is C12H15NO2. The molecule has 0 radical (unpaired) electrons. The largest absolute Gasteiger partial charge is 0.462 e. The number of nitrogens with zero attached hydrogens (tertiary/aromatic N) is 1. The van der Waals surface area contributed by atoms with Crippen LogP contribution in [0.2, 0.25) is 0 Å². The highest BCUT2D eigenvalue weighted by molar-refractivity contribution is 5.91. The highest BCUT2D eigenvalue weighted by Gasteiger charge is 2.17. The topological polar surface area (TPSA) is 29.5 Å². The maximum absolute atomic E-state index is 11.5. The van der Waals surface area contributed by atoms with Gasteiger partial charge in [-0.3, -0.25) is 0 Å². The van der Waals surface area contributed by atoms with Crippen molar-refractivity contribution in [2.75, 3.05) is 25.1 Å². The van der Waals surface area contributed by atoms with Gasteiger partial charge in [-0.05, 0) is 31.0 Å². The molecule has 0 amide bonds. The molecule has 0 bridgehead atoms. The highest BCUT2D eigenvalue weighted by Crippen LogP contribution is 2.27. The van der Waals surface area contributed by atoms with E-state index in [9.17, 15) is 4.79 Å². The Morgan fingerprint density at radius 2 is 2.33 bits per heavy atom. The number of likely N-dealkylation sites (N-methyl/N-ethyl adjacent to an activating group) is 1. The van der Waals surface area contributed by atoms with E-state index in [4.69, 9.17) is 4.74 Å². The molecule has 3 heteroatoms. The molecule has 0 saturated carbocycles. The van der Waals surface area contributed by atoms with Gasteiger partial charge in [-0.15, -0.1) is 0 Å². The second-order valence-electron chi connectivity index (χ2n) is 3.74. The van der Waals surface area contributed by atoms with Crippen LogP contribution >= 0.6 is 0 Å². The lowest BCUT2D eigenvalue weighted by Gasteiger charge is -2.12. The zero-order valence-electron chi connectivity index (χ0n) is 9.12. The van der Waals surface area contributed by atoms with E-state index in [-0.39, 0.29) is 5.97 Å². The van der Waals surface area contributed by atoms with Crippen molar-refractivity contribution < 1.29 is 9.53 Å². The van der Waals surface area contributed by atoms with Crippen LogP contribution in [-0.4, -0.2) is 26.2 Å². The second-order valence-corrected chi connectivity index (χ2v) is 3.74. The Kier molecular flexibility index (Phi) is 2.62. The molecule has 0 spiro atoms. The summed E-state index contributed by atoms with van der Waals surface area (Å²) in [5.74, 6) is -0.236. The van der Waals surface area contributed by atoms with Crippen molar-refractivity contribution in [1.82, 2.24) is 0 Å². The van der Waals surface area contributed by atoms with Gasteiger partial charge in [0.15, 0.2) is 0 Å². The van der Waals surface area contributed by atoms with Gasteiger partial charge in [-0.1, -0.05) is 6.07 Å². The molecule has 2 rings (SSSR count). The van der Waals surface area contributed by atoms with E-state index in [0.29, 0.717) is 12.2 Å². The molecule has 0 fully saturated rings. The van der Waals surface area contributed by atoms with Gasteiger partial charge < -0.3 is 9.64 Å². The molecular weight excluding hydrogens is 190 g/mol. The monoisotopic (exact) mass is 205 g/mol. The van der Waals surface area contributed by atoms with E-state index >= 15 is 0 Å². The summed E-state index contributed by atoms with van der Waals surface area (Å²) in [7, 11) is 2.04. The molecule has 1 aromatic rings. The van der Waals surface area contributed by atoms with Crippen LogP contribution in [0.5, 0.6) is 0 Å². The van der Waals surface area contributed by atoms with Crippen LogP contribution in [0.15, 0.2) is 18.2 Å². The summed E-state index contributed by atoms with van der Waals surface area (Å²) in [6.07, 6.45) is 1.06. The van der Waals surface area contributed by atoms with Crippen LogP contribution in [-0.2, 0) is 11.2 Å². The number of carbonyl (C=O) groups excluding carboxylic acids is 1. The summed E-state index contributed by atoms with van der Waals surface area (Å²) >= 11 is 0.